The van der Waals surface area contributed by atoms with Crippen LogP contribution in [0.1, 0.15) is 5.56 Å². The van der Waals surface area contributed by atoms with Crippen LogP contribution in [-0.4, -0.2) is 0 Å². The summed E-state index contributed by atoms with van der Waals surface area (Å²) in [4.78, 5) is 14.9. The summed E-state index contributed by atoms with van der Waals surface area (Å²) in [5.41, 5.74) is 1.61. The molecule has 2 nitrogen and oxygen atoms in total. The maximum Gasteiger partial charge on any atom is 1.00 e. The number of rotatable bonds is 0. The fourth-order valence-electron chi connectivity index (χ4n) is 1.32. The third kappa shape index (κ3) is 2.37. The Bertz CT molecular complexity index is 476. The van der Waals surface area contributed by atoms with Crippen LogP contribution in [0.4, 0.5) is 0 Å². The molecule has 0 aliphatic carbocycles. The molecule has 0 amide bonds. The second-order valence-corrected chi connectivity index (χ2v) is 2.79. The van der Waals surface area contributed by atoms with Gasteiger partial charge in [0, 0.05) is 0 Å². The maximum absolute atomic E-state index is 11.0. The predicted octanol–water partition coefficient (Wildman–Crippen LogP) is -1.53. The molecule has 2 aromatic rings. The number of fused-ring (bicyclic) bond motifs is 1. The Kier molecular flexibility index (Phi) is 4.04. The molecule has 0 radical (unpaired) electrons. The van der Waals surface area contributed by atoms with Crippen LogP contribution in [0.3, 0.4) is 0 Å². The number of pyridine rings is 1. The smallest absolute Gasteiger partial charge is 0.623 e. The zero-order chi connectivity index (χ0) is 8.55. The first-order valence-corrected chi connectivity index (χ1v) is 3.81. The molecule has 0 fully saturated rings. The van der Waals surface area contributed by atoms with Crippen molar-refractivity contribution in [3.8, 4) is 0 Å². The molecule has 0 aliphatic heterocycles. The van der Waals surface area contributed by atoms with Crippen molar-refractivity contribution < 1.29 is 58.2 Å². The molecule has 0 spiro atoms. The number of aryl methyl sites for hydroxylation is 1. The van der Waals surface area contributed by atoms with Crippen molar-refractivity contribution in [2.24, 2.45) is 0 Å². The van der Waals surface area contributed by atoms with Crippen LogP contribution in [0.2, 0.25) is 0 Å². The average molecular weight is 244 g/mol. The first-order valence-electron chi connectivity index (χ1n) is 3.81. The van der Waals surface area contributed by atoms with Crippen molar-refractivity contribution in [2.45, 2.75) is 6.92 Å². The van der Waals surface area contributed by atoms with Crippen molar-refractivity contribution in [3.05, 3.63) is 46.2 Å². The number of benzene rings is 1. The summed E-state index contributed by atoms with van der Waals surface area (Å²) in [5.74, 6) is 0. The van der Waals surface area contributed by atoms with E-state index < -0.39 is 0 Å². The SMILES string of the molecule is Cc1cc(=O)[n-]c2ccccc12.[Rb+]. The number of hydrogen-bond acceptors (Lipinski definition) is 1. The largest absolute Gasteiger partial charge is 1.00 e. The molecule has 2 rings (SSSR count). The van der Waals surface area contributed by atoms with Crippen LogP contribution in [0.15, 0.2) is 35.1 Å². The average Bonchev–Trinajstić information content (AvgIpc) is 2.04. The first-order chi connectivity index (χ1) is 5.77. The summed E-state index contributed by atoms with van der Waals surface area (Å²) in [7, 11) is 0. The Labute approximate surface area is 125 Å². The fraction of sp³-hybridized carbons (Fsp3) is 0.100. The molecule has 60 valence electrons. The van der Waals surface area contributed by atoms with Gasteiger partial charge in [-0.15, -0.1) is 5.52 Å². The summed E-state index contributed by atoms with van der Waals surface area (Å²) in [5, 5.41) is 1.05. The summed E-state index contributed by atoms with van der Waals surface area (Å²) >= 11 is 0. The van der Waals surface area contributed by atoms with Crippen molar-refractivity contribution in [1.82, 2.24) is 4.98 Å². The third-order valence-corrected chi connectivity index (χ3v) is 1.90. The van der Waals surface area contributed by atoms with E-state index in [2.05, 4.69) is 4.98 Å². The topological polar surface area (TPSA) is 31.2 Å². The van der Waals surface area contributed by atoms with Gasteiger partial charge in [0.05, 0.1) is 5.56 Å². The second-order valence-electron chi connectivity index (χ2n) is 2.79. The zero-order valence-corrected chi connectivity index (χ0v) is 12.7. The van der Waals surface area contributed by atoms with Crippen LogP contribution in [-0.2, 0) is 0 Å². The van der Waals surface area contributed by atoms with Gasteiger partial charge in [-0.1, -0.05) is 24.3 Å². The van der Waals surface area contributed by atoms with Gasteiger partial charge in [-0.2, -0.15) is 0 Å². The minimum Gasteiger partial charge on any atom is -0.623 e. The Morgan fingerprint density at radius 3 is 2.69 bits per heavy atom. The molecule has 1 aromatic heterocycles. The molecule has 0 saturated heterocycles. The molecule has 13 heavy (non-hydrogen) atoms. The van der Waals surface area contributed by atoms with Gasteiger partial charge in [-0.3, -0.25) is 0 Å². The van der Waals surface area contributed by atoms with Gasteiger partial charge >= 0.3 is 58.2 Å². The van der Waals surface area contributed by atoms with Crippen molar-refractivity contribution in [1.29, 1.82) is 0 Å². The molecule has 0 saturated carbocycles. The fourth-order valence-corrected chi connectivity index (χ4v) is 1.32. The van der Waals surface area contributed by atoms with Gasteiger partial charge < -0.3 is 9.78 Å². The van der Waals surface area contributed by atoms with E-state index in [1.54, 1.807) is 6.07 Å². The van der Waals surface area contributed by atoms with E-state index in [-0.39, 0.29) is 63.7 Å². The molecular weight excluding hydrogens is 236 g/mol. The van der Waals surface area contributed by atoms with Gasteiger partial charge in [0.2, 0.25) is 0 Å². The van der Waals surface area contributed by atoms with Crippen LogP contribution in [0, 0.1) is 6.92 Å². The minimum absolute atomic E-state index is 0. The summed E-state index contributed by atoms with van der Waals surface area (Å²) in [6.45, 7) is 1.92. The summed E-state index contributed by atoms with van der Waals surface area (Å²) in [6.07, 6.45) is 0. The normalized spacial score (nSPS) is 9.62. The zero-order valence-electron chi connectivity index (χ0n) is 7.74. The molecule has 1 aromatic carbocycles. The van der Waals surface area contributed by atoms with E-state index in [1.165, 1.54) is 0 Å². The summed E-state index contributed by atoms with van der Waals surface area (Å²) in [6, 6.07) is 9.21. The van der Waals surface area contributed by atoms with E-state index in [1.807, 2.05) is 31.2 Å². The Morgan fingerprint density at radius 2 is 1.92 bits per heavy atom. The van der Waals surface area contributed by atoms with E-state index in [0.29, 0.717) is 0 Å². The van der Waals surface area contributed by atoms with Gasteiger partial charge in [-0.25, -0.2) is 0 Å². The molecular formula is C10H8NORb. The predicted molar refractivity (Wildman–Crippen MR) is 48.3 cm³/mol. The van der Waals surface area contributed by atoms with E-state index in [4.69, 9.17) is 0 Å². The Balaban J connectivity index is 0.000000845. The monoisotopic (exact) mass is 243 g/mol. The van der Waals surface area contributed by atoms with Crippen molar-refractivity contribution in [2.75, 3.05) is 0 Å². The van der Waals surface area contributed by atoms with Crippen LogP contribution in [0.5, 0.6) is 0 Å². The van der Waals surface area contributed by atoms with Gasteiger partial charge in [0.25, 0.3) is 0 Å². The van der Waals surface area contributed by atoms with E-state index in [0.717, 1.165) is 16.5 Å². The first kappa shape index (κ1) is 11.3. The molecule has 0 atom stereocenters. The molecule has 0 aliphatic rings. The van der Waals surface area contributed by atoms with Crippen molar-refractivity contribution in [3.63, 3.8) is 0 Å². The second kappa shape index (κ2) is 4.64. The van der Waals surface area contributed by atoms with Crippen LogP contribution in [0.25, 0.3) is 10.9 Å². The van der Waals surface area contributed by atoms with Gasteiger partial charge in [0.1, 0.15) is 0 Å². The number of hydrogen-bond donors (Lipinski definition) is 0. The maximum atomic E-state index is 11.0. The van der Waals surface area contributed by atoms with E-state index in [9.17, 15) is 4.79 Å². The Morgan fingerprint density at radius 1 is 1.23 bits per heavy atom. The molecule has 0 bridgehead atoms. The van der Waals surface area contributed by atoms with Crippen molar-refractivity contribution >= 4 is 10.9 Å². The number of aromatic nitrogens is 1. The molecule has 3 heteroatoms. The summed E-state index contributed by atoms with van der Waals surface area (Å²) < 4.78 is 0. The van der Waals surface area contributed by atoms with Crippen LogP contribution < -0.4 is 68.7 Å². The number of nitrogens with zero attached hydrogens (tertiary/aromatic N) is 1. The molecule has 0 unspecified atom stereocenters. The van der Waals surface area contributed by atoms with Gasteiger partial charge in [0.15, 0.2) is 0 Å². The number of para-hydroxylation sites is 1. The van der Waals surface area contributed by atoms with E-state index >= 15 is 0 Å². The molecule has 0 N–H and O–H groups in total. The molecule has 1 heterocycles. The minimum atomic E-state index is -0.161. The van der Waals surface area contributed by atoms with Gasteiger partial charge in [-0.05, 0) is 23.9 Å². The quantitative estimate of drug-likeness (QED) is 0.562. The Hall–Kier alpha value is 0.235. The third-order valence-electron chi connectivity index (χ3n) is 1.90. The van der Waals surface area contributed by atoms with Crippen LogP contribution >= 0.6 is 0 Å². The standard InChI is InChI=1S/C10H9NO.Rb/c1-7-6-10(12)11-9-5-3-2-4-8(7)9;/h2-6H,1H3,(H,11,12);/q;+1/p-1.